The van der Waals surface area contributed by atoms with Gasteiger partial charge in [-0.3, -0.25) is 0 Å². The molecule has 0 aliphatic carbocycles. The van der Waals surface area contributed by atoms with Gasteiger partial charge in [-0.05, 0) is 18.2 Å². The third kappa shape index (κ3) is 2.07. The van der Waals surface area contributed by atoms with Crippen molar-refractivity contribution in [2.45, 2.75) is 0 Å². The molecule has 2 aromatic carbocycles. The second-order valence-electron chi connectivity index (χ2n) is 4.38. The molecule has 20 heavy (non-hydrogen) atoms. The largest absolute Gasteiger partial charge is 0.341 e. The van der Waals surface area contributed by atoms with Crippen molar-refractivity contribution in [1.82, 2.24) is 0 Å². The first-order chi connectivity index (χ1) is 9.80. The molecule has 2 N–H and O–H groups in total. The minimum absolute atomic E-state index is 0.122. The number of hydrogen-bond donors (Lipinski definition) is 2. The monoisotopic (exact) mass is 258 g/mol. The van der Waals surface area contributed by atoms with Crippen LogP contribution in [0.1, 0.15) is 0 Å². The molecule has 0 saturated carbocycles. The van der Waals surface area contributed by atoms with E-state index in [4.69, 9.17) is 10.5 Å². The van der Waals surface area contributed by atoms with Crippen LogP contribution in [-0.4, -0.2) is 0 Å². The van der Waals surface area contributed by atoms with Crippen LogP contribution in [0.2, 0.25) is 0 Å². The second-order valence-corrected chi connectivity index (χ2v) is 4.38. The van der Waals surface area contributed by atoms with E-state index in [1.54, 1.807) is 12.1 Å². The van der Waals surface area contributed by atoms with Crippen molar-refractivity contribution in [3.63, 3.8) is 0 Å². The summed E-state index contributed by atoms with van der Waals surface area (Å²) in [5.41, 5.74) is 2.18. The molecule has 0 amide bonds. The van der Waals surface area contributed by atoms with Gasteiger partial charge in [0.05, 0.1) is 0 Å². The van der Waals surface area contributed by atoms with Crippen LogP contribution >= 0.6 is 0 Å². The fourth-order valence-electron chi connectivity index (χ4n) is 2.10. The van der Waals surface area contributed by atoms with Crippen molar-refractivity contribution in [2.75, 3.05) is 10.6 Å². The fourth-order valence-corrected chi connectivity index (χ4v) is 2.10. The summed E-state index contributed by atoms with van der Waals surface area (Å²) in [7, 11) is 0. The summed E-state index contributed by atoms with van der Waals surface area (Å²) >= 11 is 0. The van der Waals surface area contributed by atoms with E-state index in [2.05, 4.69) is 10.6 Å². The number of nitrogens with one attached hydrogen (secondary N) is 2. The van der Waals surface area contributed by atoms with Crippen molar-refractivity contribution in [1.29, 1.82) is 10.5 Å². The maximum absolute atomic E-state index is 8.84. The van der Waals surface area contributed by atoms with Crippen LogP contribution in [0.3, 0.4) is 0 Å². The summed E-state index contributed by atoms with van der Waals surface area (Å²) in [6.45, 7) is 0. The summed E-state index contributed by atoms with van der Waals surface area (Å²) in [5, 5.41) is 25.9. The third-order valence-corrected chi connectivity index (χ3v) is 3.09. The highest BCUT2D eigenvalue weighted by Gasteiger charge is 2.07. The summed E-state index contributed by atoms with van der Waals surface area (Å²) in [6, 6.07) is 19.1. The molecule has 0 atom stereocenters. The number of rotatable bonds is 0. The van der Waals surface area contributed by atoms with E-state index < -0.39 is 0 Å². The average molecular weight is 258 g/mol. The topological polar surface area (TPSA) is 71.6 Å². The molecular formula is C16H10N4. The van der Waals surface area contributed by atoms with Gasteiger partial charge in [-0.25, -0.2) is 0 Å². The van der Waals surface area contributed by atoms with Gasteiger partial charge in [0.1, 0.15) is 23.5 Å². The smallest absolute Gasteiger partial charge is 0.136 e. The number of fused-ring (bicyclic) bond motifs is 2. The van der Waals surface area contributed by atoms with Crippen LogP contribution in [-0.2, 0) is 0 Å². The standard InChI is InChI=1S/C16H10N4/c17-9-13(10-18)11-4-6-12(7-5-11)16-19-14-2-1-3-15(8-14)20-16/h1-8,19-20H. The lowest BCUT2D eigenvalue weighted by Crippen LogP contribution is -2.23. The fraction of sp³-hybridized carbons (Fsp3) is 0. The first-order valence-corrected chi connectivity index (χ1v) is 6.09. The first-order valence-electron chi connectivity index (χ1n) is 6.09. The lowest BCUT2D eigenvalue weighted by Gasteiger charge is -2.20. The zero-order valence-corrected chi connectivity index (χ0v) is 10.5. The Hall–Kier alpha value is -3.24. The normalized spacial score (nSPS) is 11.6. The molecule has 4 nitrogen and oxygen atoms in total. The number of benzene rings is 2. The molecule has 0 aromatic heterocycles. The van der Waals surface area contributed by atoms with Crippen LogP contribution in [0.5, 0.6) is 0 Å². The quantitative estimate of drug-likeness (QED) is 0.751. The van der Waals surface area contributed by atoms with Crippen LogP contribution in [0, 0.1) is 22.7 Å². The zero-order valence-electron chi connectivity index (χ0n) is 10.5. The van der Waals surface area contributed by atoms with E-state index in [0.717, 1.165) is 22.4 Å². The van der Waals surface area contributed by atoms with Gasteiger partial charge in [0.2, 0.25) is 0 Å². The molecule has 1 aliphatic heterocycles. The number of nitrogens with zero attached hydrogens (tertiary/aromatic N) is 2. The Bertz CT molecular complexity index is 819. The van der Waals surface area contributed by atoms with E-state index in [-0.39, 0.29) is 5.57 Å². The Balaban J connectivity index is 2.09. The molecule has 0 unspecified atom stereocenters. The Labute approximate surface area is 115 Å². The third-order valence-electron chi connectivity index (χ3n) is 3.09. The van der Waals surface area contributed by atoms with Crippen LogP contribution < -0.4 is 21.1 Å². The van der Waals surface area contributed by atoms with E-state index >= 15 is 0 Å². The Morgan fingerprint density at radius 3 is 2.00 bits per heavy atom. The van der Waals surface area contributed by atoms with Gasteiger partial charge in [-0.1, -0.05) is 30.3 Å². The number of anilines is 2. The van der Waals surface area contributed by atoms with Crippen molar-refractivity contribution < 1.29 is 0 Å². The van der Waals surface area contributed by atoms with Gasteiger partial charge >= 0.3 is 0 Å². The van der Waals surface area contributed by atoms with Crippen molar-refractivity contribution in [2.24, 2.45) is 0 Å². The van der Waals surface area contributed by atoms with Crippen molar-refractivity contribution >= 4 is 22.8 Å². The predicted molar refractivity (Wildman–Crippen MR) is 77.4 cm³/mol. The molecular weight excluding hydrogens is 248 g/mol. The molecule has 0 radical (unpaired) electrons. The summed E-state index contributed by atoms with van der Waals surface area (Å²) in [4.78, 5) is 0. The van der Waals surface area contributed by atoms with E-state index in [9.17, 15) is 0 Å². The molecule has 2 aromatic rings. The van der Waals surface area contributed by atoms with Crippen LogP contribution in [0.25, 0.3) is 11.4 Å². The van der Waals surface area contributed by atoms with E-state index in [0.29, 0.717) is 5.22 Å². The highest BCUT2D eigenvalue weighted by molar-refractivity contribution is 5.81. The first kappa shape index (κ1) is 11.8. The van der Waals surface area contributed by atoms with Crippen molar-refractivity contribution in [3.8, 4) is 12.1 Å². The Morgan fingerprint density at radius 2 is 1.45 bits per heavy atom. The van der Waals surface area contributed by atoms with Gasteiger partial charge in [0.15, 0.2) is 0 Å². The number of nitriles is 2. The SMILES string of the molecule is N#CC(C#N)=c1ccc(=C2Nc3cccc(c3)N2)cc1. The van der Waals surface area contributed by atoms with Crippen LogP contribution in [0.15, 0.2) is 48.5 Å². The van der Waals surface area contributed by atoms with Gasteiger partial charge in [-0.2, -0.15) is 10.5 Å². The van der Waals surface area contributed by atoms with E-state index in [1.165, 1.54) is 0 Å². The molecule has 1 heterocycles. The lowest BCUT2D eigenvalue weighted by molar-refractivity contribution is 1.40. The van der Waals surface area contributed by atoms with Crippen LogP contribution in [0.4, 0.5) is 11.4 Å². The zero-order chi connectivity index (χ0) is 13.9. The molecule has 1 aliphatic rings. The molecule has 0 saturated heterocycles. The van der Waals surface area contributed by atoms with Gasteiger partial charge in [0.25, 0.3) is 0 Å². The van der Waals surface area contributed by atoms with Gasteiger partial charge in [-0.15, -0.1) is 0 Å². The molecule has 0 fully saturated rings. The maximum atomic E-state index is 8.84. The number of hydrogen-bond acceptors (Lipinski definition) is 4. The van der Waals surface area contributed by atoms with Gasteiger partial charge < -0.3 is 10.6 Å². The molecule has 94 valence electrons. The average Bonchev–Trinajstić information content (AvgIpc) is 2.49. The maximum Gasteiger partial charge on any atom is 0.136 e. The van der Waals surface area contributed by atoms with E-state index in [1.807, 2.05) is 48.5 Å². The molecule has 2 bridgehead atoms. The molecule has 0 spiro atoms. The van der Waals surface area contributed by atoms with Crippen molar-refractivity contribution in [3.05, 3.63) is 59.0 Å². The highest BCUT2D eigenvalue weighted by Crippen LogP contribution is 2.22. The Kier molecular flexibility index (Phi) is 2.84. The lowest BCUT2D eigenvalue weighted by atomic mass is 10.1. The molecule has 4 heteroatoms. The highest BCUT2D eigenvalue weighted by atomic mass is 15.1. The predicted octanol–water partition coefficient (Wildman–Crippen LogP) is 1.49. The minimum atomic E-state index is 0.122. The summed E-state index contributed by atoms with van der Waals surface area (Å²) in [5.74, 6) is 0.889. The minimum Gasteiger partial charge on any atom is -0.341 e. The molecule has 3 rings (SSSR count). The Morgan fingerprint density at radius 1 is 0.850 bits per heavy atom. The summed E-state index contributed by atoms with van der Waals surface area (Å²) in [6.07, 6.45) is 0. The summed E-state index contributed by atoms with van der Waals surface area (Å²) < 4.78 is 0. The van der Waals surface area contributed by atoms with Gasteiger partial charge in [0, 0.05) is 21.8 Å². The second kappa shape index (κ2) is 4.79.